The number of nitrogens with zero attached hydrogens (tertiary/aromatic N) is 2. The van der Waals surface area contributed by atoms with Crippen LogP contribution in [-0.4, -0.2) is 24.7 Å². The average molecular weight is 312 g/mol. The van der Waals surface area contributed by atoms with Gasteiger partial charge in [0, 0.05) is 13.2 Å². The van der Waals surface area contributed by atoms with E-state index in [-0.39, 0.29) is 11.6 Å². The quantitative estimate of drug-likeness (QED) is 0.710. The minimum atomic E-state index is -3.65. The molecule has 0 aliphatic rings. The molecule has 8 heteroatoms. The summed E-state index contributed by atoms with van der Waals surface area (Å²) in [6.45, 7) is 3.57. The summed E-state index contributed by atoms with van der Waals surface area (Å²) in [7, 11) is -1.87. The van der Waals surface area contributed by atoms with Crippen molar-refractivity contribution in [1.29, 1.82) is 0 Å². The summed E-state index contributed by atoms with van der Waals surface area (Å²) in [6.07, 6.45) is 2.77. The highest BCUT2D eigenvalue weighted by Gasteiger charge is 2.18. The second-order valence-corrected chi connectivity index (χ2v) is 6.40. The highest BCUT2D eigenvalue weighted by Crippen LogP contribution is 2.14. The van der Waals surface area contributed by atoms with Crippen LogP contribution in [0.1, 0.15) is 24.8 Å². The molecular formula is C13H20N4O3S. The first-order valence-corrected chi connectivity index (χ1v) is 8.27. The third-order valence-electron chi connectivity index (χ3n) is 2.84. The number of rotatable bonds is 8. The molecule has 0 aromatic carbocycles. The smallest absolute Gasteiger partial charge is 0.274 e. The summed E-state index contributed by atoms with van der Waals surface area (Å²) in [5.41, 5.74) is 0.650. The summed E-state index contributed by atoms with van der Waals surface area (Å²) in [5.74, 6) is 0.599. The summed E-state index contributed by atoms with van der Waals surface area (Å²) < 4.78 is 33.6. The van der Waals surface area contributed by atoms with Gasteiger partial charge < -0.3 is 9.73 Å². The molecule has 0 spiro atoms. The molecule has 0 unspecified atom stereocenters. The summed E-state index contributed by atoms with van der Waals surface area (Å²) in [6, 6.07) is 4.88. The number of hydrogen-bond acceptors (Lipinski definition) is 5. The van der Waals surface area contributed by atoms with Gasteiger partial charge in [-0.25, -0.2) is 13.1 Å². The van der Waals surface area contributed by atoms with E-state index in [1.165, 1.54) is 6.07 Å². The summed E-state index contributed by atoms with van der Waals surface area (Å²) >= 11 is 0. The summed E-state index contributed by atoms with van der Waals surface area (Å²) in [5, 5.41) is 7.19. The number of aryl methyl sites for hydroxylation is 1. The first kappa shape index (κ1) is 15.7. The van der Waals surface area contributed by atoms with E-state index in [2.05, 4.69) is 22.1 Å². The van der Waals surface area contributed by atoms with Crippen LogP contribution in [0.2, 0.25) is 0 Å². The molecule has 0 aliphatic heterocycles. The van der Waals surface area contributed by atoms with Crippen LogP contribution < -0.4 is 10.0 Å². The Bertz CT molecular complexity index is 675. The minimum absolute atomic E-state index is 0.0771. The van der Waals surface area contributed by atoms with Crippen LogP contribution in [-0.2, 0) is 30.2 Å². The largest absolute Gasteiger partial charge is 0.447 e. The molecule has 2 aromatic heterocycles. The Morgan fingerprint density at radius 2 is 2.10 bits per heavy atom. The van der Waals surface area contributed by atoms with Crippen molar-refractivity contribution in [2.45, 2.75) is 31.5 Å². The first-order chi connectivity index (χ1) is 10.0. The van der Waals surface area contributed by atoms with E-state index in [9.17, 15) is 8.42 Å². The fourth-order valence-corrected chi connectivity index (χ4v) is 2.73. The second-order valence-electron chi connectivity index (χ2n) is 4.70. The lowest BCUT2D eigenvalue weighted by Gasteiger charge is -2.02. The molecule has 2 aromatic rings. The number of hydrogen-bond donors (Lipinski definition) is 2. The third-order valence-corrected chi connectivity index (χ3v) is 4.11. The van der Waals surface area contributed by atoms with E-state index in [0.29, 0.717) is 18.0 Å². The molecule has 0 saturated carbocycles. The van der Waals surface area contributed by atoms with Crippen molar-refractivity contribution in [2.75, 3.05) is 6.54 Å². The van der Waals surface area contributed by atoms with Gasteiger partial charge in [0.25, 0.3) is 10.0 Å². The van der Waals surface area contributed by atoms with Crippen molar-refractivity contribution in [3.8, 4) is 0 Å². The van der Waals surface area contributed by atoms with Crippen molar-refractivity contribution in [2.24, 2.45) is 7.05 Å². The van der Waals surface area contributed by atoms with Gasteiger partial charge in [-0.1, -0.05) is 6.92 Å². The van der Waals surface area contributed by atoms with Gasteiger partial charge in [0.15, 0.2) is 0 Å². The fraction of sp³-hybridized carbons (Fsp3) is 0.462. The molecule has 0 fully saturated rings. The molecule has 0 radical (unpaired) electrons. The molecule has 0 aliphatic carbocycles. The van der Waals surface area contributed by atoms with Gasteiger partial charge in [0.1, 0.15) is 5.76 Å². The maximum atomic E-state index is 12.1. The molecule has 0 atom stereocenters. The van der Waals surface area contributed by atoms with Gasteiger partial charge in [-0.15, -0.1) is 0 Å². The lowest BCUT2D eigenvalue weighted by Crippen LogP contribution is -2.23. The highest BCUT2D eigenvalue weighted by atomic mass is 32.2. The maximum Gasteiger partial charge on any atom is 0.274 e. The highest BCUT2D eigenvalue weighted by molar-refractivity contribution is 7.89. The van der Waals surface area contributed by atoms with Crippen LogP contribution in [0.4, 0.5) is 0 Å². The Hall–Kier alpha value is -1.64. The molecule has 0 bridgehead atoms. The van der Waals surface area contributed by atoms with E-state index in [0.717, 1.165) is 13.0 Å². The Balaban J connectivity index is 1.95. The zero-order valence-electron chi connectivity index (χ0n) is 12.2. The lowest BCUT2D eigenvalue weighted by molar-refractivity contribution is 0.400. The summed E-state index contributed by atoms with van der Waals surface area (Å²) in [4.78, 5) is 0. The van der Waals surface area contributed by atoms with Gasteiger partial charge in [0.05, 0.1) is 18.8 Å². The van der Waals surface area contributed by atoms with E-state index in [1.807, 2.05) is 0 Å². The predicted octanol–water partition coefficient (Wildman–Crippen LogP) is 0.991. The van der Waals surface area contributed by atoms with E-state index >= 15 is 0 Å². The van der Waals surface area contributed by atoms with Crippen LogP contribution in [0.15, 0.2) is 33.9 Å². The zero-order chi connectivity index (χ0) is 15.3. The Labute approximate surface area is 124 Å². The van der Waals surface area contributed by atoms with Gasteiger partial charge in [0.2, 0.25) is 5.09 Å². The SMILES string of the molecule is CCCNCc1ccc(S(=O)(=O)NCc2ccn(C)n2)o1. The van der Waals surface area contributed by atoms with Crippen LogP contribution >= 0.6 is 0 Å². The maximum absolute atomic E-state index is 12.1. The van der Waals surface area contributed by atoms with Crippen molar-refractivity contribution >= 4 is 10.0 Å². The van der Waals surface area contributed by atoms with Crippen molar-refractivity contribution in [3.63, 3.8) is 0 Å². The number of furan rings is 1. The zero-order valence-corrected chi connectivity index (χ0v) is 13.0. The van der Waals surface area contributed by atoms with Crippen LogP contribution in [0.3, 0.4) is 0 Å². The number of sulfonamides is 1. The predicted molar refractivity (Wildman–Crippen MR) is 77.9 cm³/mol. The van der Waals surface area contributed by atoms with E-state index in [1.54, 1.807) is 30.1 Å². The second kappa shape index (κ2) is 6.88. The van der Waals surface area contributed by atoms with Gasteiger partial charge >= 0.3 is 0 Å². The van der Waals surface area contributed by atoms with Crippen LogP contribution in [0, 0.1) is 0 Å². The third kappa shape index (κ3) is 4.42. The van der Waals surface area contributed by atoms with Crippen LogP contribution in [0.5, 0.6) is 0 Å². The molecule has 7 nitrogen and oxygen atoms in total. The van der Waals surface area contributed by atoms with Crippen molar-refractivity contribution in [3.05, 3.63) is 35.9 Å². The van der Waals surface area contributed by atoms with E-state index < -0.39 is 10.0 Å². The molecular weight excluding hydrogens is 292 g/mol. The fourth-order valence-electron chi connectivity index (χ4n) is 1.78. The van der Waals surface area contributed by atoms with Crippen LogP contribution in [0.25, 0.3) is 0 Å². The topological polar surface area (TPSA) is 89.2 Å². The number of aromatic nitrogens is 2. The Morgan fingerprint density at radius 3 is 2.76 bits per heavy atom. The van der Waals surface area contributed by atoms with Gasteiger partial charge in [-0.2, -0.15) is 5.10 Å². The van der Waals surface area contributed by atoms with Gasteiger partial charge in [-0.3, -0.25) is 4.68 Å². The normalized spacial score (nSPS) is 11.9. The lowest BCUT2D eigenvalue weighted by atomic mass is 10.4. The Kier molecular flexibility index (Phi) is 5.16. The average Bonchev–Trinajstić information content (AvgIpc) is 3.06. The molecule has 2 rings (SSSR count). The molecule has 2 N–H and O–H groups in total. The molecule has 0 amide bonds. The number of nitrogens with one attached hydrogen (secondary N) is 2. The van der Waals surface area contributed by atoms with E-state index in [4.69, 9.17) is 4.42 Å². The van der Waals surface area contributed by atoms with Gasteiger partial charge in [-0.05, 0) is 31.2 Å². The Morgan fingerprint density at radius 1 is 1.29 bits per heavy atom. The van der Waals surface area contributed by atoms with Crippen molar-refractivity contribution in [1.82, 2.24) is 19.8 Å². The first-order valence-electron chi connectivity index (χ1n) is 6.79. The molecule has 2 heterocycles. The standard InChI is InChI=1S/C13H20N4O3S/c1-3-7-14-10-12-4-5-13(20-12)21(18,19)15-9-11-6-8-17(2)16-11/h4-6,8,14-15H,3,7,9-10H2,1-2H3. The van der Waals surface area contributed by atoms with Crippen molar-refractivity contribution < 1.29 is 12.8 Å². The molecule has 0 saturated heterocycles. The molecule has 116 valence electrons. The monoisotopic (exact) mass is 312 g/mol. The molecule has 21 heavy (non-hydrogen) atoms. The minimum Gasteiger partial charge on any atom is -0.447 e.